The summed E-state index contributed by atoms with van der Waals surface area (Å²) in [5.74, 6) is 5.44. The van der Waals surface area contributed by atoms with Crippen molar-refractivity contribution in [2.75, 3.05) is 20.6 Å². The molecule has 3 N–H and O–H groups in total. The Bertz CT molecular complexity index is 255. The molecule has 1 heterocycles. The van der Waals surface area contributed by atoms with Gasteiger partial charge in [0.2, 0.25) is 0 Å². The highest BCUT2D eigenvalue weighted by molar-refractivity contribution is 5.05. The number of hydrazine groups is 1. The Labute approximate surface area is 78.5 Å². The Morgan fingerprint density at radius 1 is 1.69 bits per heavy atom. The average molecular weight is 183 g/mol. The van der Waals surface area contributed by atoms with E-state index in [2.05, 4.69) is 15.4 Å². The number of aromatic nitrogens is 2. The molecule has 1 unspecified atom stereocenters. The van der Waals surface area contributed by atoms with Crippen LogP contribution in [0.1, 0.15) is 11.7 Å². The van der Waals surface area contributed by atoms with Gasteiger partial charge in [-0.2, -0.15) is 5.10 Å². The van der Waals surface area contributed by atoms with Crippen LogP contribution in [0.4, 0.5) is 0 Å². The summed E-state index contributed by atoms with van der Waals surface area (Å²) in [6, 6.07) is 2.06. The van der Waals surface area contributed by atoms with E-state index < -0.39 is 0 Å². The predicted octanol–water partition coefficient (Wildman–Crippen LogP) is -0.514. The van der Waals surface area contributed by atoms with E-state index in [1.807, 2.05) is 33.4 Å². The highest BCUT2D eigenvalue weighted by atomic mass is 15.3. The molecule has 0 radical (unpaired) electrons. The summed E-state index contributed by atoms with van der Waals surface area (Å²) in [4.78, 5) is 2.07. The molecule has 1 aromatic heterocycles. The molecule has 1 atom stereocenters. The van der Waals surface area contributed by atoms with Gasteiger partial charge in [0.15, 0.2) is 0 Å². The van der Waals surface area contributed by atoms with Gasteiger partial charge in [-0.25, -0.2) is 0 Å². The molecule has 1 rings (SSSR count). The van der Waals surface area contributed by atoms with Crippen LogP contribution in [0.25, 0.3) is 0 Å². The molecule has 5 nitrogen and oxygen atoms in total. The summed E-state index contributed by atoms with van der Waals surface area (Å²) in [6.07, 6.45) is 1.91. The Balaban J connectivity index is 2.66. The van der Waals surface area contributed by atoms with Gasteiger partial charge in [0, 0.05) is 19.8 Å². The molecule has 0 saturated heterocycles. The van der Waals surface area contributed by atoms with E-state index in [-0.39, 0.29) is 6.04 Å². The van der Waals surface area contributed by atoms with E-state index >= 15 is 0 Å². The normalized spacial score (nSPS) is 13.6. The zero-order valence-corrected chi connectivity index (χ0v) is 8.36. The van der Waals surface area contributed by atoms with Crippen molar-refractivity contribution in [1.29, 1.82) is 0 Å². The van der Waals surface area contributed by atoms with E-state index in [4.69, 9.17) is 5.84 Å². The van der Waals surface area contributed by atoms with E-state index in [0.717, 1.165) is 12.2 Å². The lowest BCUT2D eigenvalue weighted by atomic mass is 10.2. The van der Waals surface area contributed by atoms with Gasteiger partial charge < -0.3 is 4.90 Å². The van der Waals surface area contributed by atoms with Gasteiger partial charge in [0.25, 0.3) is 0 Å². The topological polar surface area (TPSA) is 59.1 Å². The molecule has 13 heavy (non-hydrogen) atoms. The third-order valence-electron chi connectivity index (χ3n) is 1.84. The number of nitrogens with zero attached hydrogens (tertiary/aromatic N) is 3. The van der Waals surface area contributed by atoms with Crippen LogP contribution < -0.4 is 11.3 Å². The van der Waals surface area contributed by atoms with Crippen LogP contribution in [0.2, 0.25) is 0 Å². The van der Waals surface area contributed by atoms with Gasteiger partial charge in [0.05, 0.1) is 11.7 Å². The van der Waals surface area contributed by atoms with Crippen LogP contribution >= 0.6 is 0 Å². The van der Waals surface area contributed by atoms with Gasteiger partial charge in [-0.3, -0.25) is 16.0 Å². The van der Waals surface area contributed by atoms with Crippen molar-refractivity contribution in [2.24, 2.45) is 12.9 Å². The van der Waals surface area contributed by atoms with Crippen molar-refractivity contribution in [3.05, 3.63) is 18.0 Å². The number of nitrogens with two attached hydrogens (primary N) is 1. The Morgan fingerprint density at radius 3 is 2.77 bits per heavy atom. The Kier molecular flexibility index (Phi) is 3.41. The van der Waals surface area contributed by atoms with Crippen LogP contribution in [0.5, 0.6) is 0 Å². The number of aryl methyl sites for hydroxylation is 1. The lowest BCUT2D eigenvalue weighted by Gasteiger charge is -2.18. The fourth-order valence-corrected chi connectivity index (χ4v) is 1.22. The van der Waals surface area contributed by atoms with Crippen LogP contribution in [0.3, 0.4) is 0 Å². The van der Waals surface area contributed by atoms with Crippen molar-refractivity contribution in [2.45, 2.75) is 6.04 Å². The largest absolute Gasteiger partial charge is 0.307 e. The fraction of sp³-hybridized carbons (Fsp3) is 0.625. The summed E-state index contributed by atoms with van der Waals surface area (Å²) in [6.45, 7) is 0.841. The molecule has 0 aliphatic heterocycles. The summed E-state index contributed by atoms with van der Waals surface area (Å²) < 4.78 is 1.77. The van der Waals surface area contributed by atoms with Gasteiger partial charge in [-0.1, -0.05) is 0 Å². The average Bonchev–Trinajstić information content (AvgIpc) is 2.47. The summed E-state index contributed by atoms with van der Waals surface area (Å²) in [5, 5.41) is 4.28. The molecule has 0 amide bonds. The second-order valence-corrected chi connectivity index (χ2v) is 3.40. The molecule has 0 spiro atoms. The standard InChI is InChI=1S/C8H17N5/c1-12(2)6-8(10-9)7-4-5-13(3)11-7/h4-5,8,10H,6,9H2,1-3H3. The summed E-state index contributed by atoms with van der Waals surface area (Å²) >= 11 is 0. The first-order valence-corrected chi connectivity index (χ1v) is 4.24. The van der Waals surface area contributed by atoms with Gasteiger partial charge in [0.1, 0.15) is 0 Å². The van der Waals surface area contributed by atoms with Gasteiger partial charge in [-0.15, -0.1) is 0 Å². The first-order chi connectivity index (χ1) is 6.13. The number of rotatable bonds is 4. The van der Waals surface area contributed by atoms with Crippen LogP contribution in [0.15, 0.2) is 12.3 Å². The second kappa shape index (κ2) is 4.36. The minimum atomic E-state index is 0.0937. The van der Waals surface area contributed by atoms with Crippen molar-refractivity contribution < 1.29 is 0 Å². The van der Waals surface area contributed by atoms with Crippen molar-refractivity contribution in [1.82, 2.24) is 20.1 Å². The maximum Gasteiger partial charge on any atom is 0.0820 e. The Hall–Kier alpha value is -0.910. The zero-order chi connectivity index (χ0) is 9.84. The molecule has 1 aromatic rings. The molecule has 74 valence electrons. The Morgan fingerprint density at radius 2 is 2.38 bits per heavy atom. The van der Waals surface area contributed by atoms with E-state index in [1.165, 1.54) is 0 Å². The van der Waals surface area contributed by atoms with Crippen molar-refractivity contribution in [3.63, 3.8) is 0 Å². The number of likely N-dealkylation sites (N-methyl/N-ethyl adjacent to an activating group) is 1. The van der Waals surface area contributed by atoms with Gasteiger partial charge in [-0.05, 0) is 20.2 Å². The fourth-order valence-electron chi connectivity index (χ4n) is 1.22. The van der Waals surface area contributed by atoms with Crippen LogP contribution in [-0.4, -0.2) is 35.3 Å². The zero-order valence-electron chi connectivity index (χ0n) is 8.36. The monoisotopic (exact) mass is 183 g/mol. The first-order valence-electron chi connectivity index (χ1n) is 4.24. The van der Waals surface area contributed by atoms with E-state index in [1.54, 1.807) is 4.68 Å². The van der Waals surface area contributed by atoms with Crippen molar-refractivity contribution in [3.8, 4) is 0 Å². The molecule has 0 aliphatic rings. The maximum atomic E-state index is 5.44. The molecule has 0 saturated carbocycles. The number of nitrogens with one attached hydrogen (secondary N) is 1. The molecule has 0 aliphatic carbocycles. The number of hydrogen-bond donors (Lipinski definition) is 2. The highest BCUT2D eigenvalue weighted by Crippen LogP contribution is 2.08. The molecular weight excluding hydrogens is 166 g/mol. The molecular formula is C8H17N5. The van der Waals surface area contributed by atoms with Gasteiger partial charge >= 0.3 is 0 Å². The molecule has 5 heteroatoms. The molecule has 0 fully saturated rings. The smallest absolute Gasteiger partial charge is 0.0820 e. The van der Waals surface area contributed by atoms with E-state index in [0.29, 0.717) is 0 Å². The predicted molar refractivity (Wildman–Crippen MR) is 51.8 cm³/mol. The summed E-state index contributed by atoms with van der Waals surface area (Å²) in [5.41, 5.74) is 3.72. The molecule has 0 bridgehead atoms. The SMILES string of the molecule is CN(C)CC(NN)c1ccn(C)n1. The lowest BCUT2D eigenvalue weighted by Crippen LogP contribution is -2.35. The third-order valence-corrected chi connectivity index (χ3v) is 1.84. The number of hydrogen-bond acceptors (Lipinski definition) is 4. The minimum Gasteiger partial charge on any atom is -0.307 e. The highest BCUT2D eigenvalue weighted by Gasteiger charge is 2.12. The minimum absolute atomic E-state index is 0.0937. The van der Waals surface area contributed by atoms with E-state index in [9.17, 15) is 0 Å². The lowest BCUT2D eigenvalue weighted by molar-refractivity contribution is 0.339. The molecule has 0 aromatic carbocycles. The quantitative estimate of drug-likeness (QED) is 0.487. The maximum absolute atomic E-state index is 5.44. The second-order valence-electron chi connectivity index (χ2n) is 3.40. The summed E-state index contributed by atoms with van der Waals surface area (Å²) in [7, 11) is 5.91. The van der Waals surface area contributed by atoms with Crippen LogP contribution in [0, 0.1) is 0 Å². The van der Waals surface area contributed by atoms with Crippen LogP contribution in [-0.2, 0) is 7.05 Å². The van der Waals surface area contributed by atoms with Crippen molar-refractivity contribution >= 4 is 0 Å². The first kappa shape index (κ1) is 10.2. The third kappa shape index (κ3) is 2.80.